The van der Waals surface area contributed by atoms with Crippen molar-refractivity contribution in [3.8, 4) is 11.5 Å². The molecule has 0 aliphatic rings. The van der Waals surface area contributed by atoms with E-state index in [0.29, 0.717) is 32.9 Å². The molecule has 0 aliphatic carbocycles. The lowest BCUT2D eigenvalue weighted by Gasteiger charge is -2.13. The van der Waals surface area contributed by atoms with Crippen molar-refractivity contribution in [1.82, 2.24) is 0 Å². The molecule has 0 unspecified atom stereocenters. The maximum atomic E-state index is 12.0. The first kappa shape index (κ1) is 17.2. The smallest absolute Gasteiger partial charge is 0.243 e. The van der Waals surface area contributed by atoms with Gasteiger partial charge >= 0.3 is 0 Å². The number of nitrogens with one attached hydrogen (secondary N) is 2. The molecule has 122 valence electrons. The average Bonchev–Trinajstić information content (AvgIpc) is 2.57. The largest absolute Gasteiger partial charge is 0.497 e. The molecule has 1 amide bonds. The second-order valence-electron chi connectivity index (χ2n) is 4.57. The molecule has 2 aromatic carbocycles. The molecule has 0 bridgehead atoms. The quantitative estimate of drug-likeness (QED) is 0.820. The second-order valence-corrected chi connectivity index (χ2v) is 5.35. The van der Waals surface area contributed by atoms with Crippen molar-refractivity contribution in [2.24, 2.45) is 0 Å². The van der Waals surface area contributed by atoms with Crippen LogP contribution in [0.4, 0.5) is 11.4 Å². The lowest BCUT2D eigenvalue weighted by Crippen LogP contribution is -2.22. The Bertz CT molecular complexity index is 708. The van der Waals surface area contributed by atoms with E-state index in [1.54, 1.807) is 50.6 Å². The average molecular weight is 355 g/mol. The van der Waals surface area contributed by atoms with E-state index >= 15 is 0 Å². The van der Waals surface area contributed by atoms with E-state index < -0.39 is 0 Å². The number of carbonyl (C=O) groups is 1. The molecule has 5 nitrogen and oxygen atoms in total. The van der Waals surface area contributed by atoms with Crippen LogP contribution in [-0.4, -0.2) is 26.7 Å². The van der Waals surface area contributed by atoms with Gasteiger partial charge in [0.1, 0.15) is 11.5 Å². The Morgan fingerprint density at radius 3 is 2.57 bits per heavy atom. The number of ether oxygens (including phenoxy) is 2. The van der Waals surface area contributed by atoms with Crippen LogP contribution in [0.25, 0.3) is 0 Å². The molecule has 0 radical (unpaired) electrons. The fourth-order valence-corrected chi connectivity index (χ4v) is 2.26. The van der Waals surface area contributed by atoms with E-state index in [9.17, 15) is 4.79 Å². The number of methoxy groups -OCH3 is 2. The van der Waals surface area contributed by atoms with E-state index in [1.165, 1.54) is 0 Å². The highest BCUT2D eigenvalue weighted by Crippen LogP contribution is 2.30. The normalized spacial score (nSPS) is 10.1. The zero-order chi connectivity index (χ0) is 16.8. The van der Waals surface area contributed by atoms with E-state index in [4.69, 9.17) is 32.7 Å². The highest BCUT2D eigenvalue weighted by atomic mass is 35.5. The molecular formula is C16H16Cl2N2O3. The lowest BCUT2D eigenvalue weighted by atomic mass is 10.2. The molecule has 0 fully saturated rings. The molecule has 7 heteroatoms. The Morgan fingerprint density at radius 1 is 1.09 bits per heavy atom. The number of hydrogen-bond acceptors (Lipinski definition) is 4. The van der Waals surface area contributed by atoms with Crippen LogP contribution in [0.1, 0.15) is 0 Å². The molecule has 0 atom stereocenters. The summed E-state index contributed by atoms with van der Waals surface area (Å²) in [7, 11) is 3.12. The predicted octanol–water partition coefficient (Wildman–Crippen LogP) is 4.06. The van der Waals surface area contributed by atoms with Gasteiger partial charge in [-0.3, -0.25) is 4.79 Å². The van der Waals surface area contributed by atoms with Crippen molar-refractivity contribution in [3.05, 3.63) is 46.4 Å². The van der Waals surface area contributed by atoms with Crippen molar-refractivity contribution in [3.63, 3.8) is 0 Å². The summed E-state index contributed by atoms with van der Waals surface area (Å²) in [6, 6.07) is 10.3. The molecule has 0 heterocycles. The van der Waals surface area contributed by atoms with Crippen molar-refractivity contribution >= 4 is 40.5 Å². The number of hydrogen-bond donors (Lipinski definition) is 2. The first-order valence-corrected chi connectivity index (χ1v) is 7.50. The van der Waals surface area contributed by atoms with Crippen molar-refractivity contribution < 1.29 is 14.3 Å². The summed E-state index contributed by atoms with van der Waals surface area (Å²) < 4.78 is 10.4. The van der Waals surface area contributed by atoms with Gasteiger partial charge < -0.3 is 20.1 Å². The van der Waals surface area contributed by atoms with Gasteiger partial charge in [-0.15, -0.1) is 0 Å². The van der Waals surface area contributed by atoms with E-state index in [0.717, 1.165) is 0 Å². The van der Waals surface area contributed by atoms with Crippen LogP contribution in [-0.2, 0) is 4.79 Å². The summed E-state index contributed by atoms with van der Waals surface area (Å²) in [5.41, 5.74) is 1.15. The first-order valence-electron chi connectivity index (χ1n) is 6.75. The van der Waals surface area contributed by atoms with Gasteiger partial charge in [0.2, 0.25) is 5.91 Å². The van der Waals surface area contributed by atoms with Crippen molar-refractivity contribution in [1.29, 1.82) is 0 Å². The van der Waals surface area contributed by atoms with E-state index in [-0.39, 0.29) is 12.5 Å². The molecular weight excluding hydrogens is 339 g/mol. The fraction of sp³-hybridized carbons (Fsp3) is 0.188. The van der Waals surface area contributed by atoms with Crippen LogP contribution in [0.5, 0.6) is 11.5 Å². The third-order valence-electron chi connectivity index (χ3n) is 3.07. The number of carbonyl (C=O) groups excluding carboxylic acids is 1. The third kappa shape index (κ3) is 4.43. The Morgan fingerprint density at radius 2 is 1.87 bits per heavy atom. The van der Waals surface area contributed by atoms with Gasteiger partial charge in [-0.2, -0.15) is 0 Å². The minimum absolute atomic E-state index is 0.0472. The lowest BCUT2D eigenvalue weighted by molar-refractivity contribution is -0.114. The summed E-state index contributed by atoms with van der Waals surface area (Å²) in [6.07, 6.45) is 0. The van der Waals surface area contributed by atoms with E-state index in [2.05, 4.69) is 10.6 Å². The summed E-state index contributed by atoms with van der Waals surface area (Å²) in [5.74, 6) is 0.993. The Hall–Kier alpha value is -2.11. The summed E-state index contributed by atoms with van der Waals surface area (Å²) in [6.45, 7) is 0.0472. The van der Waals surface area contributed by atoms with Gasteiger partial charge in [0.15, 0.2) is 0 Å². The summed E-state index contributed by atoms with van der Waals surface area (Å²) >= 11 is 11.9. The summed E-state index contributed by atoms with van der Waals surface area (Å²) in [5, 5.41) is 6.39. The third-order valence-corrected chi connectivity index (χ3v) is 3.89. The Labute approximate surface area is 144 Å². The van der Waals surface area contributed by atoms with Crippen molar-refractivity contribution in [2.75, 3.05) is 31.4 Å². The van der Waals surface area contributed by atoms with Gasteiger partial charge in [0.05, 0.1) is 42.2 Å². The number of benzene rings is 2. The van der Waals surface area contributed by atoms with Gasteiger partial charge in [-0.05, 0) is 24.3 Å². The van der Waals surface area contributed by atoms with Crippen LogP contribution in [0.15, 0.2) is 36.4 Å². The maximum Gasteiger partial charge on any atom is 0.243 e. The van der Waals surface area contributed by atoms with Gasteiger partial charge in [0, 0.05) is 6.07 Å². The maximum absolute atomic E-state index is 12.0. The standard InChI is InChI=1S/C16H16Cl2N2O3/c1-22-10-6-7-12(14(8-10)23-2)19-9-15(21)20-13-5-3-4-11(17)16(13)18/h3-8,19H,9H2,1-2H3,(H,20,21). The van der Waals surface area contributed by atoms with Crippen LogP contribution in [0, 0.1) is 0 Å². The summed E-state index contributed by atoms with van der Waals surface area (Å²) in [4.78, 5) is 12.0. The molecule has 0 aromatic heterocycles. The molecule has 0 spiro atoms. The SMILES string of the molecule is COc1ccc(NCC(=O)Nc2cccc(Cl)c2Cl)c(OC)c1. The zero-order valence-corrected chi connectivity index (χ0v) is 14.2. The monoisotopic (exact) mass is 354 g/mol. The highest BCUT2D eigenvalue weighted by Gasteiger charge is 2.10. The molecule has 0 saturated carbocycles. The number of amides is 1. The zero-order valence-electron chi connectivity index (χ0n) is 12.7. The number of anilines is 2. The van der Waals surface area contributed by atoms with Crippen LogP contribution in [0.2, 0.25) is 10.0 Å². The minimum atomic E-state index is -0.257. The van der Waals surface area contributed by atoms with Crippen molar-refractivity contribution in [2.45, 2.75) is 0 Å². The molecule has 2 rings (SSSR count). The second kappa shape index (κ2) is 7.94. The number of rotatable bonds is 6. The number of halogens is 2. The van der Waals surface area contributed by atoms with Gasteiger partial charge in [-0.1, -0.05) is 29.3 Å². The molecule has 0 aliphatic heterocycles. The molecule has 0 saturated heterocycles. The first-order chi connectivity index (χ1) is 11.0. The van der Waals surface area contributed by atoms with Crippen LogP contribution in [0.3, 0.4) is 0 Å². The predicted molar refractivity (Wildman–Crippen MR) is 93.1 cm³/mol. The highest BCUT2D eigenvalue weighted by molar-refractivity contribution is 6.44. The Balaban J connectivity index is 2.00. The van der Waals surface area contributed by atoms with Crippen LogP contribution < -0.4 is 20.1 Å². The molecule has 2 N–H and O–H groups in total. The van der Waals surface area contributed by atoms with E-state index in [1.807, 2.05) is 0 Å². The van der Waals surface area contributed by atoms with Crippen LogP contribution >= 0.6 is 23.2 Å². The van der Waals surface area contributed by atoms with Gasteiger partial charge in [0.25, 0.3) is 0 Å². The Kier molecular flexibility index (Phi) is 5.96. The minimum Gasteiger partial charge on any atom is -0.497 e. The topological polar surface area (TPSA) is 59.6 Å². The molecule has 23 heavy (non-hydrogen) atoms. The fourth-order valence-electron chi connectivity index (χ4n) is 1.91. The molecule has 2 aromatic rings. The van der Waals surface area contributed by atoms with Gasteiger partial charge in [-0.25, -0.2) is 0 Å².